The summed E-state index contributed by atoms with van der Waals surface area (Å²) < 4.78 is 5.30. The molecule has 1 aliphatic heterocycles. The molecule has 5 heteroatoms. The summed E-state index contributed by atoms with van der Waals surface area (Å²) in [5, 5.41) is 0. The van der Waals surface area contributed by atoms with Crippen molar-refractivity contribution in [1.82, 2.24) is 0 Å². The molecule has 0 radical (unpaired) electrons. The molecule has 4 aliphatic rings. The molecule has 3 aliphatic carbocycles. The van der Waals surface area contributed by atoms with Gasteiger partial charge in [0.25, 0.3) is 0 Å². The number of ether oxygens (including phenoxy) is 1. The van der Waals surface area contributed by atoms with E-state index in [0.29, 0.717) is 5.69 Å². The molecule has 0 aromatic heterocycles. The van der Waals surface area contributed by atoms with Gasteiger partial charge in [0.05, 0.1) is 29.2 Å². The molecular weight excluding hydrogens is 330 g/mol. The van der Waals surface area contributed by atoms with Gasteiger partial charge in [-0.05, 0) is 56.1 Å². The zero-order valence-electron chi connectivity index (χ0n) is 14.8. The minimum Gasteiger partial charge on any atom is -0.459 e. The van der Waals surface area contributed by atoms with Gasteiger partial charge >= 0.3 is 5.97 Å². The van der Waals surface area contributed by atoms with E-state index in [1.54, 1.807) is 38.1 Å². The minimum atomic E-state index is -0.506. The monoisotopic (exact) mass is 351 g/mol. The van der Waals surface area contributed by atoms with E-state index < -0.39 is 5.97 Å². The summed E-state index contributed by atoms with van der Waals surface area (Å²) in [7, 11) is 0. The number of anilines is 1. The van der Waals surface area contributed by atoms with Crippen LogP contribution in [0.3, 0.4) is 0 Å². The van der Waals surface area contributed by atoms with Crippen LogP contribution in [0.2, 0.25) is 0 Å². The van der Waals surface area contributed by atoms with E-state index in [2.05, 4.69) is 12.2 Å². The third kappa shape index (κ3) is 1.83. The maximum absolute atomic E-state index is 13.2. The topological polar surface area (TPSA) is 63.7 Å². The maximum Gasteiger partial charge on any atom is 0.340 e. The first-order valence-corrected chi connectivity index (χ1v) is 9.32. The number of fused-ring (bicyclic) bond motifs is 3. The highest BCUT2D eigenvalue weighted by molar-refractivity contribution is 6.24. The van der Waals surface area contributed by atoms with E-state index in [1.807, 2.05) is 0 Å². The van der Waals surface area contributed by atoms with E-state index in [9.17, 15) is 14.4 Å². The summed E-state index contributed by atoms with van der Waals surface area (Å²) >= 11 is 0. The molecule has 4 atom stereocenters. The SMILES string of the molecule is CC(C)OC(=O)c1ccccc1N1C(=O)[C@@H]2[C@H](C1=O)[C@H]1C=C[C@H]2C12CC2. The van der Waals surface area contributed by atoms with E-state index in [1.165, 1.54) is 4.90 Å². The van der Waals surface area contributed by atoms with E-state index >= 15 is 0 Å². The van der Waals surface area contributed by atoms with Gasteiger partial charge in [0.1, 0.15) is 0 Å². The van der Waals surface area contributed by atoms with Gasteiger partial charge in [0.2, 0.25) is 11.8 Å². The van der Waals surface area contributed by atoms with Crippen molar-refractivity contribution in [2.24, 2.45) is 29.1 Å². The zero-order valence-corrected chi connectivity index (χ0v) is 14.8. The van der Waals surface area contributed by atoms with E-state index in [-0.39, 0.29) is 52.6 Å². The van der Waals surface area contributed by atoms with Gasteiger partial charge in [0, 0.05) is 0 Å². The van der Waals surface area contributed by atoms with Crippen LogP contribution in [0.4, 0.5) is 5.69 Å². The Hall–Kier alpha value is -2.43. The van der Waals surface area contributed by atoms with Crippen molar-refractivity contribution in [3.63, 3.8) is 0 Å². The molecule has 1 aromatic carbocycles. The number of rotatable bonds is 3. The molecule has 2 bridgehead atoms. The first-order valence-electron chi connectivity index (χ1n) is 9.32. The molecule has 26 heavy (non-hydrogen) atoms. The van der Waals surface area contributed by atoms with Crippen LogP contribution in [0.25, 0.3) is 0 Å². The predicted molar refractivity (Wildman–Crippen MR) is 94.3 cm³/mol. The molecule has 3 fully saturated rings. The van der Waals surface area contributed by atoms with Gasteiger partial charge in [-0.3, -0.25) is 9.59 Å². The highest BCUT2D eigenvalue weighted by Gasteiger charge is 2.73. The van der Waals surface area contributed by atoms with Crippen molar-refractivity contribution >= 4 is 23.5 Å². The number of imide groups is 1. The second-order valence-corrected chi connectivity index (χ2v) is 8.20. The van der Waals surface area contributed by atoms with Crippen molar-refractivity contribution < 1.29 is 19.1 Å². The van der Waals surface area contributed by atoms with Gasteiger partial charge in [-0.25, -0.2) is 9.69 Å². The van der Waals surface area contributed by atoms with Gasteiger partial charge < -0.3 is 4.74 Å². The fraction of sp³-hybridized carbons (Fsp3) is 0.476. The summed E-state index contributed by atoms with van der Waals surface area (Å²) in [6.07, 6.45) is 6.24. The molecule has 2 saturated carbocycles. The Balaban J connectivity index is 1.53. The van der Waals surface area contributed by atoms with Crippen molar-refractivity contribution in [2.45, 2.75) is 32.8 Å². The Kier molecular flexibility index (Phi) is 3.07. The third-order valence-corrected chi connectivity index (χ3v) is 6.56. The highest BCUT2D eigenvalue weighted by atomic mass is 16.5. The third-order valence-electron chi connectivity index (χ3n) is 6.56. The molecule has 1 heterocycles. The van der Waals surface area contributed by atoms with Crippen molar-refractivity contribution in [2.75, 3.05) is 4.90 Å². The minimum absolute atomic E-state index is 0.159. The number of allylic oxidation sites excluding steroid dienone is 2. The van der Waals surface area contributed by atoms with Crippen LogP contribution in [0.15, 0.2) is 36.4 Å². The van der Waals surface area contributed by atoms with E-state index in [0.717, 1.165) is 12.8 Å². The standard InChI is InChI=1S/C21H21NO4/c1-11(2)26-20(25)12-5-3-4-6-15(12)22-18(23)16-13-7-8-14(17(16)19(22)24)21(13)9-10-21/h3-8,11,13-14,16-17H,9-10H2,1-2H3/t13-,14-,16-,17+/m1/s1. The Morgan fingerprint density at radius 2 is 1.65 bits per heavy atom. The summed E-state index contributed by atoms with van der Waals surface area (Å²) in [5.41, 5.74) is 0.791. The average molecular weight is 351 g/mol. The molecule has 1 aromatic rings. The van der Waals surface area contributed by atoms with Crippen LogP contribution in [-0.4, -0.2) is 23.9 Å². The number of hydrogen-bond acceptors (Lipinski definition) is 4. The first kappa shape index (κ1) is 15.8. The quantitative estimate of drug-likeness (QED) is 0.477. The van der Waals surface area contributed by atoms with Crippen LogP contribution in [-0.2, 0) is 14.3 Å². The molecule has 1 spiro atoms. The van der Waals surface area contributed by atoms with Crippen molar-refractivity contribution in [3.8, 4) is 0 Å². The van der Waals surface area contributed by atoms with Gasteiger partial charge in [-0.15, -0.1) is 0 Å². The lowest BCUT2D eigenvalue weighted by atomic mass is 9.85. The lowest BCUT2D eigenvalue weighted by Gasteiger charge is -2.23. The lowest BCUT2D eigenvalue weighted by molar-refractivity contribution is -0.123. The number of esters is 1. The summed E-state index contributed by atoms with van der Waals surface area (Å²) in [4.78, 5) is 40.1. The highest BCUT2D eigenvalue weighted by Crippen LogP contribution is 2.73. The molecule has 5 nitrogen and oxygen atoms in total. The van der Waals surface area contributed by atoms with Gasteiger partial charge in [0.15, 0.2) is 0 Å². The molecule has 2 amide bonds. The maximum atomic E-state index is 13.2. The van der Waals surface area contributed by atoms with Gasteiger partial charge in [-0.1, -0.05) is 24.3 Å². The van der Waals surface area contributed by atoms with Crippen LogP contribution in [0.5, 0.6) is 0 Å². The Morgan fingerprint density at radius 3 is 2.19 bits per heavy atom. The number of nitrogens with zero attached hydrogens (tertiary/aromatic N) is 1. The number of hydrogen-bond donors (Lipinski definition) is 0. The molecule has 0 N–H and O–H groups in total. The molecule has 5 rings (SSSR count). The summed E-state index contributed by atoms with van der Waals surface area (Å²) in [5.74, 6) is -1.01. The average Bonchev–Trinajstić information content (AvgIpc) is 3.19. The Bertz CT molecular complexity index is 833. The fourth-order valence-corrected chi connectivity index (χ4v) is 5.43. The molecular formula is C21H21NO4. The largest absolute Gasteiger partial charge is 0.459 e. The zero-order chi connectivity index (χ0) is 18.2. The second kappa shape index (κ2) is 5.06. The Labute approximate surface area is 152 Å². The molecule has 1 saturated heterocycles. The fourth-order valence-electron chi connectivity index (χ4n) is 5.43. The Morgan fingerprint density at radius 1 is 1.08 bits per heavy atom. The van der Waals surface area contributed by atoms with Crippen molar-refractivity contribution in [1.29, 1.82) is 0 Å². The number of benzene rings is 1. The van der Waals surface area contributed by atoms with Crippen LogP contribution >= 0.6 is 0 Å². The normalized spacial score (nSPS) is 32.7. The summed E-state index contributed by atoms with van der Waals surface area (Å²) in [6, 6.07) is 6.74. The molecule has 134 valence electrons. The number of carbonyl (C=O) groups excluding carboxylic acids is 3. The molecule has 0 unspecified atom stereocenters. The van der Waals surface area contributed by atoms with Crippen LogP contribution in [0, 0.1) is 29.1 Å². The number of carbonyl (C=O) groups is 3. The number of para-hydroxylation sites is 1. The summed E-state index contributed by atoms with van der Waals surface area (Å²) in [6.45, 7) is 3.55. The smallest absolute Gasteiger partial charge is 0.340 e. The van der Waals surface area contributed by atoms with Crippen molar-refractivity contribution in [3.05, 3.63) is 42.0 Å². The lowest BCUT2D eigenvalue weighted by Crippen LogP contribution is -2.36. The van der Waals surface area contributed by atoms with Crippen LogP contribution < -0.4 is 4.90 Å². The first-order chi connectivity index (χ1) is 12.5. The number of amides is 2. The van der Waals surface area contributed by atoms with E-state index in [4.69, 9.17) is 4.74 Å². The van der Waals surface area contributed by atoms with Gasteiger partial charge in [-0.2, -0.15) is 0 Å². The second-order valence-electron chi connectivity index (χ2n) is 8.20. The van der Waals surface area contributed by atoms with Crippen LogP contribution in [0.1, 0.15) is 37.0 Å². The predicted octanol–water partition coefficient (Wildman–Crippen LogP) is 2.95.